The monoisotopic (exact) mass is 550 g/mol. The van der Waals surface area contributed by atoms with Crippen LogP contribution in [0.3, 0.4) is 0 Å². The van der Waals surface area contributed by atoms with Gasteiger partial charge in [0.2, 0.25) is 5.76 Å². The molecule has 0 bridgehead atoms. The Labute approximate surface area is 224 Å². The molecule has 2 aromatic rings. The summed E-state index contributed by atoms with van der Waals surface area (Å²) in [7, 11) is 0. The Morgan fingerprint density at radius 3 is 2.41 bits per heavy atom. The molecule has 2 aliphatic heterocycles. The number of nitrogens with zero attached hydrogens (tertiary/aromatic N) is 5. The summed E-state index contributed by atoms with van der Waals surface area (Å²) in [5.41, 5.74) is -1.12. The van der Waals surface area contributed by atoms with Gasteiger partial charge in [0.25, 0.3) is 11.9 Å². The van der Waals surface area contributed by atoms with Crippen LogP contribution < -0.4 is 15.1 Å². The number of pyridine rings is 1. The maximum absolute atomic E-state index is 13.7. The molecule has 13 heteroatoms. The molecule has 39 heavy (non-hydrogen) atoms. The zero-order valence-electron chi connectivity index (χ0n) is 21.9. The molecule has 0 aromatic carbocycles. The first-order valence-corrected chi connectivity index (χ1v) is 13.5. The molecule has 1 aliphatic carbocycles. The van der Waals surface area contributed by atoms with Crippen LogP contribution in [-0.2, 0) is 10.9 Å². The number of hydrogen-bond donors (Lipinski definition) is 1. The van der Waals surface area contributed by atoms with Crippen LogP contribution in [0.5, 0.6) is 0 Å². The van der Waals surface area contributed by atoms with Crippen LogP contribution in [-0.4, -0.2) is 72.2 Å². The molecule has 3 fully saturated rings. The van der Waals surface area contributed by atoms with Gasteiger partial charge in [0.15, 0.2) is 5.69 Å². The first-order chi connectivity index (χ1) is 18.7. The Morgan fingerprint density at radius 1 is 1.03 bits per heavy atom. The quantitative estimate of drug-likeness (QED) is 0.568. The first-order valence-electron chi connectivity index (χ1n) is 13.5. The zero-order valence-corrected chi connectivity index (χ0v) is 21.9. The third kappa shape index (κ3) is 6.39. The summed E-state index contributed by atoms with van der Waals surface area (Å²) >= 11 is 0. The fraction of sp³-hybridized carbons (Fsp3) is 0.615. The van der Waals surface area contributed by atoms with Gasteiger partial charge in [0.1, 0.15) is 11.9 Å². The minimum Gasteiger partial charge on any atom is -0.446 e. The summed E-state index contributed by atoms with van der Waals surface area (Å²) in [6.45, 7) is 5.15. The molecule has 4 heterocycles. The second-order valence-corrected chi connectivity index (χ2v) is 10.5. The van der Waals surface area contributed by atoms with Gasteiger partial charge in [-0.1, -0.05) is 6.92 Å². The Balaban J connectivity index is 1.19. The Bertz CT molecular complexity index is 1160. The van der Waals surface area contributed by atoms with Crippen LogP contribution in [0.1, 0.15) is 61.7 Å². The lowest BCUT2D eigenvalue weighted by Gasteiger charge is -2.35. The molecule has 0 spiro atoms. The van der Waals surface area contributed by atoms with Crippen molar-refractivity contribution in [3.8, 4) is 0 Å². The number of piperazine rings is 1. The van der Waals surface area contributed by atoms with Gasteiger partial charge in [-0.3, -0.25) is 4.79 Å². The molecule has 212 valence electrons. The summed E-state index contributed by atoms with van der Waals surface area (Å²) in [6, 6.07) is 3.05. The number of carbonyl (C=O) groups is 2. The number of nitrogens with one attached hydrogen (secondary N) is 1. The van der Waals surface area contributed by atoms with E-state index in [-0.39, 0.29) is 29.8 Å². The number of halogens is 3. The number of rotatable bonds is 5. The maximum Gasteiger partial charge on any atom is 0.437 e. The van der Waals surface area contributed by atoms with Crippen molar-refractivity contribution in [3.05, 3.63) is 29.8 Å². The number of amides is 2. The van der Waals surface area contributed by atoms with Gasteiger partial charge in [-0.15, -0.1) is 0 Å². The standard InChI is InChI=1S/C26H33F3N6O4/c1-17-5-4-10-35(16-17)24-32-22(26(27,28)29)21(39-24)23(36)31-18-8-9-20(30-15-18)33-11-13-34(14-12-33)25(37)38-19-6-2-3-7-19/h8-9,15,17,19H,2-7,10-14,16H2,1H3,(H,31,36). The molecular weight excluding hydrogens is 517 g/mol. The number of anilines is 3. The van der Waals surface area contributed by atoms with Crippen molar-refractivity contribution in [1.82, 2.24) is 14.9 Å². The number of hydrogen-bond acceptors (Lipinski definition) is 8. The van der Waals surface area contributed by atoms with E-state index in [2.05, 4.69) is 15.3 Å². The van der Waals surface area contributed by atoms with E-state index in [0.717, 1.165) is 38.5 Å². The van der Waals surface area contributed by atoms with Crippen molar-refractivity contribution in [1.29, 1.82) is 0 Å². The number of carbonyl (C=O) groups excluding carboxylic acids is 2. The number of alkyl halides is 3. The van der Waals surface area contributed by atoms with E-state index in [1.165, 1.54) is 6.20 Å². The molecule has 2 amide bonds. The van der Waals surface area contributed by atoms with Crippen LogP contribution in [0, 0.1) is 5.92 Å². The Morgan fingerprint density at radius 2 is 1.77 bits per heavy atom. The number of piperidine rings is 1. The number of oxazole rings is 1. The van der Waals surface area contributed by atoms with Crippen LogP contribution in [0.15, 0.2) is 22.7 Å². The second-order valence-electron chi connectivity index (χ2n) is 10.5. The van der Waals surface area contributed by atoms with Gasteiger partial charge in [0.05, 0.1) is 11.9 Å². The highest BCUT2D eigenvalue weighted by molar-refractivity contribution is 6.03. The summed E-state index contributed by atoms with van der Waals surface area (Å²) < 4.78 is 52.0. The van der Waals surface area contributed by atoms with Gasteiger partial charge in [0, 0.05) is 39.3 Å². The number of aromatic nitrogens is 2. The molecule has 1 N–H and O–H groups in total. The third-order valence-corrected chi connectivity index (χ3v) is 7.46. The Kier molecular flexibility index (Phi) is 7.85. The lowest BCUT2D eigenvalue weighted by atomic mass is 10.0. The molecule has 10 nitrogen and oxygen atoms in total. The molecule has 0 radical (unpaired) electrons. The number of ether oxygens (including phenoxy) is 1. The van der Waals surface area contributed by atoms with Gasteiger partial charge >= 0.3 is 12.3 Å². The normalized spacial score (nSPS) is 20.8. The summed E-state index contributed by atoms with van der Waals surface area (Å²) in [5.74, 6) is -1.000. The van der Waals surface area contributed by atoms with Crippen molar-refractivity contribution in [2.75, 3.05) is 54.4 Å². The highest BCUT2D eigenvalue weighted by Gasteiger charge is 2.42. The van der Waals surface area contributed by atoms with Crippen molar-refractivity contribution in [2.45, 2.75) is 57.7 Å². The Hall–Kier alpha value is -3.51. The zero-order chi connectivity index (χ0) is 27.6. The predicted molar refractivity (Wildman–Crippen MR) is 137 cm³/mol. The molecule has 3 aliphatic rings. The minimum absolute atomic E-state index is 0.0178. The van der Waals surface area contributed by atoms with E-state index >= 15 is 0 Å². The summed E-state index contributed by atoms with van der Waals surface area (Å²) in [5, 5.41) is 2.44. The van der Waals surface area contributed by atoms with E-state index in [1.54, 1.807) is 21.9 Å². The van der Waals surface area contributed by atoms with Gasteiger partial charge in [-0.2, -0.15) is 18.2 Å². The summed E-state index contributed by atoms with van der Waals surface area (Å²) in [4.78, 5) is 38.5. The van der Waals surface area contributed by atoms with Crippen molar-refractivity contribution in [3.63, 3.8) is 0 Å². The second kappa shape index (κ2) is 11.3. The lowest BCUT2D eigenvalue weighted by molar-refractivity contribution is -0.141. The van der Waals surface area contributed by atoms with Gasteiger partial charge in [-0.25, -0.2) is 9.78 Å². The molecule has 1 saturated carbocycles. The van der Waals surface area contributed by atoms with Crippen molar-refractivity contribution >= 4 is 29.5 Å². The lowest BCUT2D eigenvalue weighted by Crippen LogP contribution is -2.49. The molecule has 2 aromatic heterocycles. The van der Waals surface area contributed by atoms with E-state index in [9.17, 15) is 22.8 Å². The maximum atomic E-state index is 13.7. The topological polar surface area (TPSA) is 104 Å². The smallest absolute Gasteiger partial charge is 0.437 e. The van der Waals surface area contributed by atoms with E-state index in [1.807, 2.05) is 11.8 Å². The van der Waals surface area contributed by atoms with E-state index in [0.29, 0.717) is 45.1 Å². The van der Waals surface area contributed by atoms with Crippen LogP contribution in [0.25, 0.3) is 0 Å². The van der Waals surface area contributed by atoms with Crippen LogP contribution >= 0.6 is 0 Å². The first kappa shape index (κ1) is 27.1. The predicted octanol–water partition coefficient (Wildman–Crippen LogP) is 4.78. The third-order valence-electron chi connectivity index (χ3n) is 7.46. The molecule has 2 saturated heterocycles. The van der Waals surface area contributed by atoms with Crippen LogP contribution in [0.2, 0.25) is 0 Å². The van der Waals surface area contributed by atoms with Gasteiger partial charge in [-0.05, 0) is 56.6 Å². The molecule has 5 rings (SSSR count). The minimum atomic E-state index is -4.84. The van der Waals surface area contributed by atoms with Crippen molar-refractivity contribution < 1.29 is 31.9 Å². The fourth-order valence-electron chi connectivity index (χ4n) is 5.33. The van der Waals surface area contributed by atoms with Crippen LogP contribution in [0.4, 0.5) is 35.5 Å². The summed E-state index contributed by atoms with van der Waals surface area (Å²) in [6.07, 6.45) is 2.08. The van der Waals surface area contributed by atoms with Crippen molar-refractivity contribution in [2.24, 2.45) is 5.92 Å². The van der Waals surface area contributed by atoms with Gasteiger partial charge < -0.3 is 29.2 Å². The molecule has 1 atom stereocenters. The average Bonchev–Trinajstić information content (AvgIpc) is 3.60. The highest BCUT2D eigenvalue weighted by atomic mass is 19.4. The highest BCUT2D eigenvalue weighted by Crippen LogP contribution is 2.35. The fourth-order valence-corrected chi connectivity index (χ4v) is 5.33. The largest absolute Gasteiger partial charge is 0.446 e. The molecular formula is C26H33F3N6O4. The van der Waals surface area contributed by atoms with E-state index in [4.69, 9.17) is 9.15 Å². The average molecular weight is 551 g/mol. The van der Waals surface area contributed by atoms with E-state index < -0.39 is 23.5 Å². The SMILES string of the molecule is CC1CCCN(c2nc(C(F)(F)F)c(C(=O)Nc3ccc(N4CCN(C(=O)OC5CCCC5)CC4)nc3)o2)C1. The molecule has 1 unspecified atom stereocenters.